The Bertz CT molecular complexity index is 466. The largest absolute Gasteiger partial charge is 0.307 e. The van der Waals surface area contributed by atoms with Crippen LogP contribution < -0.4 is 5.32 Å². The Balaban J connectivity index is 0.00000180. The van der Waals surface area contributed by atoms with E-state index in [1.54, 1.807) is 0 Å². The fourth-order valence-corrected chi connectivity index (χ4v) is 1.86. The van der Waals surface area contributed by atoms with Gasteiger partial charge in [0.2, 0.25) is 0 Å². The molecule has 0 spiro atoms. The van der Waals surface area contributed by atoms with Crippen LogP contribution in [0.5, 0.6) is 0 Å². The van der Waals surface area contributed by atoms with Crippen LogP contribution in [0.4, 0.5) is 0 Å². The van der Waals surface area contributed by atoms with Gasteiger partial charge in [-0.05, 0) is 29.2 Å². The first-order valence-corrected chi connectivity index (χ1v) is 6.45. The Morgan fingerprint density at radius 1 is 1.00 bits per heavy atom. The lowest BCUT2D eigenvalue weighted by Gasteiger charge is -2.08. The van der Waals surface area contributed by atoms with E-state index in [4.69, 9.17) is 0 Å². The Morgan fingerprint density at radius 2 is 1.74 bits per heavy atom. The van der Waals surface area contributed by atoms with Crippen LogP contribution in [0, 0.1) is 0 Å². The van der Waals surface area contributed by atoms with Gasteiger partial charge in [0.25, 0.3) is 0 Å². The molecule has 0 aliphatic carbocycles. The summed E-state index contributed by atoms with van der Waals surface area (Å²) in [5, 5.41) is 3.40. The summed E-state index contributed by atoms with van der Waals surface area (Å²) in [6.07, 6.45) is 1.83. The van der Waals surface area contributed by atoms with Crippen LogP contribution in [-0.4, -0.2) is 4.98 Å². The highest BCUT2D eigenvalue weighted by atomic mass is 35.5. The molecule has 0 atom stereocenters. The molecule has 1 N–H and O–H groups in total. The summed E-state index contributed by atoms with van der Waals surface area (Å²) >= 11 is 0. The summed E-state index contributed by atoms with van der Waals surface area (Å²) < 4.78 is 0. The Kier molecular flexibility index (Phi) is 6.54. The van der Waals surface area contributed by atoms with Crippen molar-refractivity contribution in [1.82, 2.24) is 10.3 Å². The van der Waals surface area contributed by atoms with Gasteiger partial charge in [0.15, 0.2) is 0 Å². The van der Waals surface area contributed by atoms with Crippen LogP contribution in [-0.2, 0) is 13.1 Å². The summed E-state index contributed by atoms with van der Waals surface area (Å²) in [5.41, 5.74) is 3.79. The predicted molar refractivity (Wildman–Crippen MR) is 82.6 cm³/mol. The third-order valence-corrected chi connectivity index (χ3v) is 3.01. The minimum atomic E-state index is 0. The fraction of sp³-hybridized carbons (Fsp3) is 0.312. The minimum absolute atomic E-state index is 0. The van der Waals surface area contributed by atoms with E-state index in [1.807, 2.05) is 24.4 Å². The van der Waals surface area contributed by atoms with Gasteiger partial charge in [-0.3, -0.25) is 4.98 Å². The summed E-state index contributed by atoms with van der Waals surface area (Å²) in [5.74, 6) is 0.598. The monoisotopic (exact) mass is 276 g/mol. The number of halogens is 1. The van der Waals surface area contributed by atoms with Gasteiger partial charge in [-0.2, -0.15) is 0 Å². The highest BCUT2D eigenvalue weighted by Crippen LogP contribution is 2.14. The highest BCUT2D eigenvalue weighted by molar-refractivity contribution is 5.85. The molecule has 0 unspecified atom stereocenters. The average Bonchev–Trinajstić information content (AvgIpc) is 2.40. The number of rotatable bonds is 5. The third kappa shape index (κ3) is 5.01. The molecule has 1 aromatic heterocycles. The third-order valence-electron chi connectivity index (χ3n) is 3.01. The average molecular weight is 277 g/mol. The summed E-state index contributed by atoms with van der Waals surface area (Å²) in [4.78, 5) is 4.28. The predicted octanol–water partition coefficient (Wildman–Crippen LogP) is 3.92. The van der Waals surface area contributed by atoms with Crippen LogP contribution in [0.2, 0.25) is 0 Å². The molecule has 2 rings (SSSR count). The molecule has 2 aromatic rings. The maximum atomic E-state index is 4.28. The molecule has 0 saturated carbocycles. The number of pyridine rings is 1. The molecule has 0 saturated heterocycles. The maximum absolute atomic E-state index is 4.28. The number of hydrogen-bond acceptors (Lipinski definition) is 2. The van der Waals surface area contributed by atoms with E-state index in [0.29, 0.717) is 5.92 Å². The SMILES string of the molecule is CC(C)c1ccc(CNCc2ccccn2)cc1.Cl. The lowest BCUT2D eigenvalue weighted by atomic mass is 10.0. The number of aromatic nitrogens is 1. The van der Waals surface area contributed by atoms with Crippen molar-refractivity contribution in [3.8, 4) is 0 Å². The molecule has 3 heteroatoms. The van der Waals surface area contributed by atoms with Crippen molar-refractivity contribution in [1.29, 1.82) is 0 Å². The molecule has 1 heterocycles. The van der Waals surface area contributed by atoms with E-state index >= 15 is 0 Å². The second kappa shape index (κ2) is 7.93. The van der Waals surface area contributed by atoms with Crippen molar-refractivity contribution in [2.75, 3.05) is 0 Å². The zero-order valence-electron chi connectivity index (χ0n) is 11.5. The topological polar surface area (TPSA) is 24.9 Å². The number of nitrogens with one attached hydrogen (secondary N) is 1. The van der Waals surface area contributed by atoms with Crippen molar-refractivity contribution >= 4 is 12.4 Å². The van der Waals surface area contributed by atoms with Crippen molar-refractivity contribution < 1.29 is 0 Å². The van der Waals surface area contributed by atoms with E-state index in [0.717, 1.165) is 18.8 Å². The molecule has 19 heavy (non-hydrogen) atoms. The summed E-state index contributed by atoms with van der Waals surface area (Å²) in [6, 6.07) is 14.8. The number of hydrogen-bond donors (Lipinski definition) is 1. The smallest absolute Gasteiger partial charge is 0.0541 e. The lowest BCUT2D eigenvalue weighted by Crippen LogP contribution is -2.13. The molecule has 0 radical (unpaired) electrons. The van der Waals surface area contributed by atoms with Gasteiger partial charge in [-0.15, -0.1) is 12.4 Å². The van der Waals surface area contributed by atoms with E-state index in [9.17, 15) is 0 Å². The molecule has 0 fully saturated rings. The molecule has 0 bridgehead atoms. The second-order valence-electron chi connectivity index (χ2n) is 4.82. The molecule has 102 valence electrons. The molecule has 0 amide bonds. The zero-order valence-corrected chi connectivity index (χ0v) is 12.3. The summed E-state index contributed by atoms with van der Waals surface area (Å²) in [7, 11) is 0. The van der Waals surface area contributed by atoms with Gasteiger partial charge >= 0.3 is 0 Å². The maximum Gasteiger partial charge on any atom is 0.0541 e. The van der Waals surface area contributed by atoms with E-state index in [2.05, 4.69) is 48.4 Å². The fourth-order valence-electron chi connectivity index (χ4n) is 1.86. The van der Waals surface area contributed by atoms with Crippen LogP contribution in [0.1, 0.15) is 36.6 Å². The zero-order chi connectivity index (χ0) is 12.8. The van der Waals surface area contributed by atoms with Crippen molar-refractivity contribution in [3.63, 3.8) is 0 Å². The normalized spacial score (nSPS) is 10.3. The van der Waals surface area contributed by atoms with Crippen molar-refractivity contribution in [2.45, 2.75) is 32.9 Å². The van der Waals surface area contributed by atoms with Gasteiger partial charge in [0.1, 0.15) is 0 Å². The molecule has 2 nitrogen and oxygen atoms in total. The first-order valence-electron chi connectivity index (χ1n) is 6.45. The van der Waals surface area contributed by atoms with Crippen molar-refractivity contribution in [2.24, 2.45) is 0 Å². The van der Waals surface area contributed by atoms with E-state index in [1.165, 1.54) is 11.1 Å². The van der Waals surface area contributed by atoms with Crippen molar-refractivity contribution in [3.05, 3.63) is 65.5 Å². The van der Waals surface area contributed by atoms with E-state index < -0.39 is 0 Å². The molecule has 0 aliphatic rings. The van der Waals surface area contributed by atoms with E-state index in [-0.39, 0.29) is 12.4 Å². The Hall–Kier alpha value is -1.38. The number of nitrogens with zero attached hydrogens (tertiary/aromatic N) is 1. The lowest BCUT2D eigenvalue weighted by molar-refractivity contribution is 0.679. The molecular weight excluding hydrogens is 256 g/mol. The van der Waals surface area contributed by atoms with Gasteiger partial charge in [0, 0.05) is 19.3 Å². The minimum Gasteiger partial charge on any atom is -0.307 e. The van der Waals surface area contributed by atoms with Crippen LogP contribution in [0.3, 0.4) is 0 Å². The number of benzene rings is 1. The first-order chi connectivity index (χ1) is 8.75. The van der Waals surface area contributed by atoms with Crippen LogP contribution in [0.25, 0.3) is 0 Å². The van der Waals surface area contributed by atoms with Gasteiger partial charge in [0.05, 0.1) is 5.69 Å². The summed E-state index contributed by atoms with van der Waals surface area (Å²) in [6.45, 7) is 6.13. The second-order valence-corrected chi connectivity index (χ2v) is 4.82. The van der Waals surface area contributed by atoms with Gasteiger partial charge < -0.3 is 5.32 Å². The van der Waals surface area contributed by atoms with Gasteiger partial charge in [-0.1, -0.05) is 44.2 Å². The Labute approximate surface area is 121 Å². The standard InChI is InChI=1S/C16H20N2.ClH/c1-13(2)15-8-6-14(7-9-15)11-17-12-16-5-3-4-10-18-16;/h3-10,13,17H,11-12H2,1-2H3;1H. The Morgan fingerprint density at radius 3 is 2.32 bits per heavy atom. The van der Waals surface area contributed by atoms with Crippen LogP contribution >= 0.6 is 12.4 Å². The molecular formula is C16H21ClN2. The molecule has 1 aromatic carbocycles. The van der Waals surface area contributed by atoms with Crippen LogP contribution in [0.15, 0.2) is 48.7 Å². The molecule has 0 aliphatic heterocycles. The van der Waals surface area contributed by atoms with Gasteiger partial charge in [-0.25, -0.2) is 0 Å². The quantitative estimate of drug-likeness (QED) is 0.895. The highest BCUT2D eigenvalue weighted by Gasteiger charge is 1.99. The first kappa shape index (κ1) is 15.7.